The minimum atomic E-state index is 0.276. The maximum Gasteiger partial charge on any atom is 0.143 e. The Labute approximate surface area is 100 Å². The number of phenols is 1. The van der Waals surface area contributed by atoms with Gasteiger partial charge in [-0.1, -0.05) is 6.07 Å². The Morgan fingerprint density at radius 2 is 2.12 bits per heavy atom. The quantitative estimate of drug-likeness (QED) is 0.789. The van der Waals surface area contributed by atoms with Gasteiger partial charge in [0, 0.05) is 6.04 Å². The van der Waals surface area contributed by atoms with Crippen LogP contribution in [0, 0.1) is 6.92 Å². The number of imidazole rings is 1. The van der Waals surface area contributed by atoms with Crippen molar-refractivity contribution in [3.8, 4) is 5.75 Å². The number of rotatable bonds is 1. The van der Waals surface area contributed by atoms with Crippen molar-refractivity contribution in [2.45, 2.75) is 25.8 Å². The van der Waals surface area contributed by atoms with Crippen molar-refractivity contribution in [3.63, 3.8) is 0 Å². The lowest BCUT2D eigenvalue weighted by Gasteiger charge is -2.25. The number of hydrogen-bond acceptors (Lipinski definition) is 3. The summed E-state index contributed by atoms with van der Waals surface area (Å²) >= 11 is 0. The van der Waals surface area contributed by atoms with Gasteiger partial charge in [0.2, 0.25) is 0 Å². The van der Waals surface area contributed by atoms with E-state index in [2.05, 4.69) is 14.9 Å². The average molecular weight is 231 g/mol. The van der Waals surface area contributed by atoms with Crippen molar-refractivity contribution in [3.05, 3.63) is 24.0 Å². The second kappa shape index (κ2) is 4.04. The summed E-state index contributed by atoms with van der Waals surface area (Å²) in [5.74, 6) is 1.27. The molecule has 2 aromatic rings. The number of phenolic OH excluding ortho intramolecular Hbond substituents is 1. The third-order valence-corrected chi connectivity index (χ3v) is 3.55. The Kier molecular flexibility index (Phi) is 2.52. The Hall–Kier alpha value is -1.55. The van der Waals surface area contributed by atoms with Gasteiger partial charge in [-0.15, -0.1) is 0 Å². The Balaban J connectivity index is 2.14. The summed E-state index contributed by atoms with van der Waals surface area (Å²) < 4.78 is 2.27. The van der Waals surface area contributed by atoms with Crippen LogP contribution in [-0.2, 0) is 0 Å². The maximum absolute atomic E-state index is 9.82. The third kappa shape index (κ3) is 1.69. The van der Waals surface area contributed by atoms with Crippen LogP contribution < -0.4 is 5.32 Å². The third-order valence-electron chi connectivity index (χ3n) is 3.55. The lowest BCUT2D eigenvalue weighted by Crippen LogP contribution is -2.29. The molecule has 4 nitrogen and oxygen atoms in total. The van der Waals surface area contributed by atoms with Gasteiger partial charge in [0.1, 0.15) is 17.1 Å². The van der Waals surface area contributed by atoms with E-state index in [-0.39, 0.29) is 5.75 Å². The molecule has 90 valence electrons. The smallest absolute Gasteiger partial charge is 0.143 e. The predicted molar refractivity (Wildman–Crippen MR) is 67.3 cm³/mol. The van der Waals surface area contributed by atoms with E-state index >= 15 is 0 Å². The topological polar surface area (TPSA) is 50.1 Å². The lowest BCUT2D eigenvalue weighted by molar-refractivity contribution is 0.370. The summed E-state index contributed by atoms with van der Waals surface area (Å²) in [5, 5.41) is 13.2. The molecule has 0 amide bonds. The van der Waals surface area contributed by atoms with Gasteiger partial charge < -0.3 is 15.0 Å². The molecule has 1 aromatic heterocycles. The highest BCUT2D eigenvalue weighted by molar-refractivity contribution is 5.82. The highest BCUT2D eigenvalue weighted by Crippen LogP contribution is 2.30. The van der Waals surface area contributed by atoms with Crippen LogP contribution in [-0.4, -0.2) is 27.7 Å². The number of hydrogen-bond donors (Lipinski definition) is 2. The standard InChI is InChI=1S/C13H17N3O/c1-9-15-13-11(3-2-4-12(13)17)16(9)10-5-7-14-8-6-10/h2-4,10,14,17H,5-8H2,1H3. The first kappa shape index (κ1) is 10.6. The fraction of sp³-hybridized carbons (Fsp3) is 0.462. The monoisotopic (exact) mass is 231 g/mol. The molecule has 1 saturated heterocycles. The van der Waals surface area contributed by atoms with Crippen LogP contribution in [0.25, 0.3) is 11.0 Å². The van der Waals surface area contributed by atoms with Gasteiger partial charge in [-0.3, -0.25) is 0 Å². The lowest BCUT2D eigenvalue weighted by atomic mass is 10.1. The molecule has 0 spiro atoms. The molecule has 17 heavy (non-hydrogen) atoms. The Morgan fingerprint density at radius 1 is 1.35 bits per heavy atom. The summed E-state index contributed by atoms with van der Waals surface area (Å²) in [7, 11) is 0. The summed E-state index contributed by atoms with van der Waals surface area (Å²) in [4.78, 5) is 4.48. The Bertz CT molecular complexity index is 541. The van der Waals surface area contributed by atoms with Crippen LogP contribution >= 0.6 is 0 Å². The number of fused-ring (bicyclic) bond motifs is 1. The molecule has 1 aliphatic heterocycles. The summed E-state index contributed by atoms with van der Waals surface area (Å²) in [6, 6.07) is 6.12. The molecule has 0 bridgehead atoms. The SMILES string of the molecule is Cc1nc2c(O)cccc2n1C1CCNCC1. The molecule has 0 saturated carbocycles. The van der Waals surface area contributed by atoms with Crippen molar-refractivity contribution in [1.29, 1.82) is 0 Å². The van der Waals surface area contributed by atoms with E-state index < -0.39 is 0 Å². The van der Waals surface area contributed by atoms with Crippen molar-refractivity contribution < 1.29 is 5.11 Å². The van der Waals surface area contributed by atoms with Crippen LogP contribution in [0.15, 0.2) is 18.2 Å². The van der Waals surface area contributed by atoms with E-state index in [1.54, 1.807) is 6.07 Å². The highest BCUT2D eigenvalue weighted by atomic mass is 16.3. The van der Waals surface area contributed by atoms with Crippen molar-refractivity contribution >= 4 is 11.0 Å². The number of aromatic hydroxyl groups is 1. The minimum absolute atomic E-state index is 0.276. The number of aryl methyl sites for hydroxylation is 1. The maximum atomic E-state index is 9.82. The minimum Gasteiger partial charge on any atom is -0.506 e. The molecule has 1 aromatic carbocycles. The normalized spacial score (nSPS) is 17.7. The Morgan fingerprint density at radius 3 is 2.88 bits per heavy atom. The zero-order chi connectivity index (χ0) is 11.8. The molecule has 4 heteroatoms. The molecule has 2 N–H and O–H groups in total. The average Bonchev–Trinajstić information content (AvgIpc) is 2.68. The van der Waals surface area contributed by atoms with Crippen molar-refractivity contribution in [2.75, 3.05) is 13.1 Å². The van der Waals surface area contributed by atoms with Crippen LogP contribution in [0.1, 0.15) is 24.7 Å². The molecule has 0 radical (unpaired) electrons. The summed E-state index contributed by atoms with van der Waals surface area (Å²) in [6.45, 7) is 4.13. The largest absolute Gasteiger partial charge is 0.506 e. The van der Waals surface area contributed by atoms with Gasteiger partial charge in [-0.2, -0.15) is 0 Å². The van der Waals surface area contributed by atoms with Crippen LogP contribution in [0.5, 0.6) is 5.75 Å². The predicted octanol–water partition coefficient (Wildman–Crippen LogP) is 1.97. The van der Waals surface area contributed by atoms with Gasteiger partial charge in [-0.05, 0) is 45.0 Å². The highest BCUT2D eigenvalue weighted by Gasteiger charge is 2.20. The van der Waals surface area contributed by atoms with Crippen LogP contribution in [0.4, 0.5) is 0 Å². The summed E-state index contributed by atoms with van der Waals surface area (Å²) in [5.41, 5.74) is 1.78. The van der Waals surface area contributed by atoms with E-state index in [4.69, 9.17) is 0 Å². The van der Waals surface area contributed by atoms with Crippen LogP contribution in [0.3, 0.4) is 0 Å². The fourth-order valence-electron chi connectivity index (χ4n) is 2.74. The second-order valence-corrected chi connectivity index (χ2v) is 4.66. The van der Waals surface area contributed by atoms with Crippen molar-refractivity contribution in [2.24, 2.45) is 0 Å². The molecular weight excluding hydrogens is 214 g/mol. The molecule has 3 rings (SSSR count). The molecule has 0 atom stereocenters. The second-order valence-electron chi connectivity index (χ2n) is 4.66. The molecular formula is C13H17N3O. The number of nitrogens with zero attached hydrogens (tertiary/aromatic N) is 2. The van der Waals surface area contributed by atoms with E-state index in [9.17, 15) is 5.11 Å². The summed E-state index contributed by atoms with van der Waals surface area (Å²) in [6.07, 6.45) is 2.25. The fourth-order valence-corrected chi connectivity index (χ4v) is 2.74. The van der Waals surface area contributed by atoms with Gasteiger partial charge in [0.05, 0.1) is 5.52 Å². The van der Waals surface area contributed by atoms with E-state index in [1.165, 1.54) is 0 Å². The van der Waals surface area contributed by atoms with Gasteiger partial charge >= 0.3 is 0 Å². The molecule has 1 aliphatic rings. The number of piperidine rings is 1. The number of benzene rings is 1. The van der Waals surface area contributed by atoms with E-state index in [0.717, 1.165) is 42.8 Å². The number of nitrogens with one attached hydrogen (secondary N) is 1. The molecule has 2 heterocycles. The van der Waals surface area contributed by atoms with Gasteiger partial charge in [0.15, 0.2) is 0 Å². The molecule has 0 aliphatic carbocycles. The van der Waals surface area contributed by atoms with Gasteiger partial charge in [-0.25, -0.2) is 4.98 Å². The molecule has 0 unspecified atom stereocenters. The number of aromatic nitrogens is 2. The number of para-hydroxylation sites is 1. The molecule has 1 fully saturated rings. The zero-order valence-corrected chi connectivity index (χ0v) is 9.98. The van der Waals surface area contributed by atoms with Gasteiger partial charge in [0.25, 0.3) is 0 Å². The van der Waals surface area contributed by atoms with E-state index in [1.807, 2.05) is 19.1 Å². The zero-order valence-electron chi connectivity index (χ0n) is 9.98. The first-order valence-corrected chi connectivity index (χ1v) is 6.14. The van der Waals surface area contributed by atoms with Crippen LogP contribution in [0.2, 0.25) is 0 Å². The first-order valence-electron chi connectivity index (χ1n) is 6.14. The van der Waals surface area contributed by atoms with E-state index in [0.29, 0.717) is 6.04 Å². The first-order chi connectivity index (χ1) is 8.27. The van der Waals surface area contributed by atoms with Crippen molar-refractivity contribution in [1.82, 2.24) is 14.9 Å².